The SMILES string of the molecule is O=C(O)c1cccc2c1OCCN2C(=O)N1CCSCC1. The van der Waals surface area contributed by atoms with Crippen molar-refractivity contribution in [2.75, 3.05) is 42.6 Å². The number of carbonyl (C=O) groups excluding carboxylic acids is 1. The summed E-state index contributed by atoms with van der Waals surface area (Å²) in [5.74, 6) is 1.13. The third-order valence-corrected chi connectivity index (χ3v) is 4.53. The van der Waals surface area contributed by atoms with Crippen molar-refractivity contribution in [3.8, 4) is 5.75 Å². The number of benzene rings is 1. The van der Waals surface area contributed by atoms with E-state index in [9.17, 15) is 14.7 Å². The smallest absolute Gasteiger partial charge is 0.339 e. The van der Waals surface area contributed by atoms with Crippen LogP contribution < -0.4 is 9.64 Å². The molecule has 0 unspecified atom stereocenters. The number of carboxylic acids is 1. The summed E-state index contributed by atoms with van der Waals surface area (Å²) in [7, 11) is 0. The molecule has 0 bridgehead atoms. The predicted molar refractivity (Wildman–Crippen MR) is 80.5 cm³/mol. The number of rotatable bonds is 1. The number of carboxylic acid groups (broad SMARTS) is 1. The van der Waals surface area contributed by atoms with Crippen LogP contribution in [0.5, 0.6) is 5.75 Å². The van der Waals surface area contributed by atoms with E-state index in [-0.39, 0.29) is 17.3 Å². The van der Waals surface area contributed by atoms with Crippen molar-refractivity contribution in [2.24, 2.45) is 0 Å². The average molecular weight is 308 g/mol. The minimum atomic E-state index is -1.05. The van der Waals surface area contributed by atoms with E-state index in [4.69, 9.17) is 4.74 Å². The van der Waals surface area contributed by atoms with Crippen LogP contribution in [0.3, 0.4) is 0 Å². The quantitative estimate of drug-likeness (QED) is 0.856. The highest BCUT2D eigenvalue weighted by molar-refractivity contribution is 7.99. The lowest BCUT2D eigenvalue weighted by molar-refractivity contribution is 0.0691. The first-order valence-electron chi connectivity index (χ1n) is 6.82. The number of aromatic carboxylic acids is 1. The third-order valence-electron chi connectivity index (χ3n) is 3.59. The second kappa shape index (κ2) is 5.85. The summed E-state index contributed by atoms with van der Waals surface area (Å²) in [6, 6.07) is 4.80. The van der Waals surface area contributed by atoms with Gasteiger partial charge in [-0.3, -0.25) is 4.90 Å². The van der Waals surface area contributed by atoms with E-state index in [2.05, 4.69) is 0 Å². The Kier molecular flexibility index (Phi) is 3.92. The van der Waals surface area contributed by atoms with Crippen molar-refractivity contribution in [1.82, 2.24) is 4.90 Å². The van der Waals surface area contributed by atoms with E-state index in [0.717, 1.165) is 24.6 Å². The lowest BCUT2D eigenvalue weighted by atomic mass is 10.1. The number of amides is 2. The molecule has 6 nitrogen and oxygen atoms in total. The third kappa shape index (κ3) is 2.65. The number of para-hydroxylation sites is 1. The van der Waals surface area contributed by atoms with Crippen molar-refractivity contribution >= 4 is 29.4 Å². The molecule has 0 aromatic heterocycles. The Hall–Kier alpha value is -1.89. The predicted octanol–water partition coefficient (Wildman–Crippen LogP) is 1.75. The molecule has 0 radical (unpaired) electrons. The Morgan fingerprint density at radius 3 is 2.67 bits per heavy atom. The van der Waals surface area contributed by atoms with Crippen LogP contribution in [0.15, 0.2) is 18.2 Å². The molecule has 112 valence electrons. The molecule has 2 amide bonds. The number of ether oxygens (including phenoxy) is 1. The first-order chi connectivity index (χ1) is 10.2. The monoisotopic (exact) mass is 308 g/mol. The van der Waals surface area contributed by atoms with E-state index in [1.165, 1.54) is 6.07 Å². The fourth-order valence-electron chi connectivity index (χ4n) is 2.54. The minimum absolute atomic E-state index is 0.0672. The van der Waals surface area contributed by atoms with Gasteiger partial charge in [0.05, 0.1) is 12.2 Å². The van der Waals surface area contributed by atoms with Gasteiger partial charge in [0.15, 0.2) is 5.75 Å². The average Bonchev–Trinajstić information content (AvgIpc) is 2.53. The van der Waals surface area contributed by atoms with Gasteiger partial charge in [-0.2, -0.15) is 11.8 Å². The summed E-state index contributed by atoms with van der Waals surface area (Å²) >= 11 is 1.84. The second-order valence-corrected chi connectivity index (χ2v) is 6.07. The zero-order valence-electron chi connectivity index (χ0n) is 11.4. The molecule has 1 aromatic rings. The molecule has 21 heavy (non-hydrogen) atoms. The molecule has 1 saturated heterocycles. The van der Waals surface area contributed by atoms with Gasteiger partial charge >= 0.3 is 12.0 Å². The molecule has 0 spiro atoms. The van der Waals surface area contributed by atoms with Gasteiger partial charge in [0, 0.05) is 24.6 Å². The molecule has 0 atom stereocenters. The number of hydrogen-bond donors (Lipinski definition) is 1. The van der Waals surface area contributed by atoms with E-state index in [1.807, 2.05) is 16.7 Å². The number of fused-ring (bicyclic) bond motifs is 1. The lowest BCUT2D eigenvalue weighted by Gasteiger charge is -2.36. The largest absolute Gasteiger partial charge is 0.489 e. The highest BCUT2D eigenvalue weighted by Crippen LogP contribution is 2.35. The van der Waals surface area contributed by atoms with E-state index < -0.39 is 5.97 Å². The van der Waals surface area contributed by atoms with Crippen LogP contribution in [0.2, 0.25) is 0 Å². The molecule has 0 aliphatic carbocycles. The maximum absolute atomic E-state index is 12.6. The van der Waals surface area contributed by atoms with Crippen molar-refractivity contribution in [3.05, 3.63) is 23.8 Å². The molecule has 2 aliphatic heterocycles. The molecule has 3 rings (SSSR count). The van der Waals surface area contributed by atoms with Gasteiger partial charge in [-0.15, -0.1) is 0 Å². The maximum atomic E-state index is 12.6. The molecule has 2 aliphatic rings. The lowest BCUT2D eigenvalue weighted by Crippen LogP contribution is -2.49. The maximum Gasteiger partial charge on any atom is 0.339 e. The Morgan fingerprint density at radius 2 is 1.95 bits per heavy atom. The number of nitrogens with zero attached hydrogens (tertiary/aromatic N) is 2. The van der Waals surface area contributed by atoms with Gasteiger partial charge in [-0.1, -0.05) is 6.07 Å². The zero-order valence-corrected chi connectivity index (χ0v) is 12.3. The Labute approximate surface area is 126 Å². The molecular weight excluding hydrogens is 292 g/mol. The molecule has 1 aromatic carbocycles. The molecule has 0 saturated carbocycles. The van der Waals surface area contributed by atoms with Crippen molar-refractivity contribution in [2.45, 2.75) is 0 Å². The summed E-state index contributed by atoms with van der Waals surface area (Å²) in [6.07, 6.45) is 0. The van der Waals surface area contributed by atoms with Gasteiger partial charge in [-0.25, -0.2) is 9.59 Å². The summed E-state index contributed by atoms with van der Waals surface area (Å²) in [5.41, 5.74) is 0.642. The molecule has 1 fully saturated rings. The zero-order chi connectivity index (χ0) is 14.8. The Balaban J connectivity index is 1.91. The van der Waals surface area contributed by atoms with Gasteiger partial charge in [0.1, 0.15) is 12.2 Å². The van der Waals surface area contributed by atoms with Gasteiger partial charge in [0.25, 0.3) is 0 Å². The highest BCUT2D eigenvalue weighted by Gasteiger charge is 2.30. The van der Waals surface area contributed by atoms with E-state index in [0.29, 0.717) is 18.8 Å². The van der Waals surface area contributed by atoms with Gasteiger partial charge in [0.2, 0.25) is 0 Å². The Morgan fingerprint density at radius 1 is 1.19 bits per heavy atom. The molecule has 1 N–H and O–H groups in total. The number of urea groups is 1. The first-order valence-corrected chi connectivity index (χ1v) is 7.97. The van der Waals surface area contributed by atoms with Crippen molar-refractivity contribution in [1.29, 1.82) is 0 Å². The highest BCUT2D eigenvalue weighted by atomic mass is 32.2. The number of thioether (sulfide) groups is 1. The Bertz CT molecular complexity index is 572. The first kappa shape index (κ1) is 14.1. The van der Waals surface area contributed by atoms with Crippen LogP contribution in [-0.2, 0) is 0 Å². The second-order valence-electron chi connectivity index (χ2n) is 4.84. The number of anilines is 1. The number of hydrogen-bond acceptors (Lipinski definition) is 4. The van der Waals surface area contributed by atoms with Crippen molar-refractivity contribution in [3.63, 3.8) is 0 Å². The topological polar surface area (TPSA) is 70.1 Å². The summed E-state index contributed by atoms with van der Waals surface area (Å²) in [4.78, 5) is 27.3. The van der Waals surface area contributed by atoms with E-state index >= 15 is 0 Å². The van der Waals surface area contributed by atoms with Gasteiger partial charge < -0.3 is 14.7 Å². The van der Waals surface area contributed by atoms with Crippen LogP contribution in [0, 0.1) is 0 Å². The van der Waals surface area contributed by atoms with E-state index in [1.54, 1.807) is 17.0 Å². The normalized spacial score (nSPS) is 17.9. The molecule has 7 heteroatoms. The summed E-state index contributed by atoms with van der Waals surface area (Å²) in [5, 5.41) is 9.22. The fourth-order valence-corrected chi connectivity index (χ4v) is 3.44. The summed E-state index contributed by atoms with van der Waals surface area (Å²) in [6.45, 7) is 2.22. The molecular formula is C14H16N2O4S. The van der Waals surface area contributed by atoms with Gasteiger partial charge in [-0.05, 0) is 12.1 Å². The van der Waals surface area contributed by atoms with Crippen LogP contribution >= 0.6 is 11.8 Å². The van der Waals surface area contributed by atoms with Crippen LogP contribution in [0.1, 0.15) is 10.4 Å². The van der Waals surface area contributed by atoms with Crippen LogP contribution in [0.4, 0.5) is 10.5 Å². The minimum Gasteiger partial charge on any atom is -0.489 e. The standard InChI is InChI=1S/C14H16N2O4S/c17-13(18)10-2-1-3-11-12(10)20-7-4-16(11)14(19)15-5-8-21-9-6-15/h1-3H,4-9H2,(H,17,18). The molecule has 2 heterocycles. The van der Waals surface area contributed by atoms with Crippen LogP contribution in [0.25, 0.3) is 0 Å². The van der Waals surface area contributed by atoms with Crippen molar-refractivity contribution < 1.29 is 19.4 Å². The summed E-state index contributed by atoms with van der Waals surface area (Å²) < 4.78 is 5.49. The number of carbonyl (C=O) groups is 2. The fraction of sp³-hybridized carbons (Fsp3) is 0.429. The van der Waals surface area contributed by atoms with Crippen LogP contribution in [-0.4, -0.2) is 59.8 Å².